The van der Waals surface area contributed by atoms with E-state index in [4.69, 9.17) is 5.73 Å². The molecular weight excluding hydrogens is 305 g/mol. The average molecular weight is 322 g/mol. The summed E-state index contributed by atoms with van der Waals surface area (Å²) in [6.45, 7) is -0.514. The maximum atomic E-state index is 14.0. The normalized spacial score (nSPS) is 14.1. The van der Waals surface area contributed by atoms with E-state index in [1.165, 1.54) is 24.3 Å². The lowest BCUT2D eigenvalue weighted by molar-refractivity contribution is -0.202. The van der Waals surface area contributed by atoms with Gasteiger partial charge in [-0.1, -0.05) is 60.7 Å². The summed E-state index contributed by atoms with van der Waals surface area (Å²) in [5.74, 6) is -0.859. The monoisotopic (exact) mass is 322 g/mol. The molecule has 0 fully saturated rings. The number of carbonyl (C=O) groups is 1. The molecule has 6 heteroatoms. The first kappa shape index (κ1) is 17.0. The van der Waals surface area contributed by atoms with Crippen molar-refractivity contribution >= 4 is 5.91 Å². The fourth-order valence-electron chi connectivity index (χ4n) is 2.47. The molecule has 0 aliphatic heterocycles. The van der Waals surface area contributed by atoms with Crippen molar-refractivity contribution in [3.05, 3.63) is 71.8 Å². The van der Waals surface area contributed by atoms with Crippen molar-refractivity contribution in [1.82, 2.24) is 5.32 Å². The molecule has 0 spiro atoms. The summed E-state index contributed by atoms with van der Waals surface area (Å²) >= 11 is 0. The molecule has 1 unspecified atom stereocenters. The van der Waals surface area contributed by atoms with E-state index >= 15 is 0 Å². The van der Waals surface area contributed by atoms with Gasteiger partial charge in [0.25, 0.3) is 0 Å². The third-order valence-electron chi connectivity index (χ3n) is 3.60. The molecule has 122 valence electrons. The summed E-state index contributed by atoms with van der Waals surface area (Å²) in [5, 5.41) is 2.10. The van der Waals surface area contributed by atoms with E-state index in [2.05, 4.69) is 5.32 Å². The molecular formula is C17H17F3N2O. The van der Waals surface area contributed by atoms with Gasteiger partial charge in [0.15, 0.2) is 5.54 Å². The van der Waals surface area contributed by atoms with Gasteiger partial charge in [-0.2, -0.15) is 13.2 Å². The number of alkyl halides is 3. The molecule has 23 heavy (non-hydrogen) atoms. The Bertz CT molecular complexity index is 644. The summed E-state index contributed by atoms with van der Waals surface area (Å²) in [6.07, 6.45) is -5.10. The van der Waals surface area contributed by atoms with Crippen LogP contribution in [0.2, 0.25) is 0 Å². The number of rotatable bonds is 5. The van der Waals surface area contributed by atoms with Crippen LogP contribution in [0.15, 0.2) is 60.7 Å². The molecule has 0 heterocycles. The highest BCUT2D eigenvalue weighted by Gasteiger charge is 2.56. The maximum absolute atomic E-state index is 14.0. The fraction of sp³-hybridized carbons (Fsp3) is 0.235. The number of hydrogen-bond donors (Lipinski definition) is 2. The Hall–Kier alpha value is -2.34. The molecule has 3 nitrogen and oxygen atoms in total. The highest BCUT2D eigenvalue weighted by molar-refractivity contribution is 5.79. The lowest BCUT2D eigenvalue weighted by atomic mass is 9.82. The minimum Gasteiger partial charge on any atom is -0.337 e. The van der Waals surface area contributed by atoms with Gasteiger partial charge < -0.3 is 11.1 Å². The van der Waals surface area contributed by atoms with Gasteiger partial charge in [0.1, 0.15) is 0 Å². The minimum atomic E-state index is -4.69. The highest BCUT2D eigenvalue weighted by atomic mass is 19.4. The molecule has 2 aromatic rings. The van der Waals surface area contributed by atoms with Crippen LogP contribution in [0.1, 0.15) is 11.1 Å². The van der Waals surface area contributed by atoms with Crippen LogP contribution in [0.3, 0.4) is 0 Å². The molecule has 1 amide bonds. The van der Waals surface area contributed by atoms with Crippen molar-refractivity contribution < 1.29 is 18.0 Å². The minimum absolute atomic E-state index is 0.0295. The Morgan fingerprint density at radius 1 is 0.957 bits per heavy atom. The Kier molecular flexibility index (Phi) is 5.05. The maximum Gasteiger partial charge on any atom is 0.416 e. The predicted molar refractivity (Wildman–Crippen MR) is 81.5 cm³/mol. The number of amides is 1. The van der Waals surface area contributed by atoms with E-state index < -0.39 is 30.6 Å². The Morgan fingerprint density at radius 2 is 1.48 bits per heavy atom. The first-order valence-electron chi connectivity index (χ1n) is 7.06. The van der Waals surface area contributed by atoms with Gasteiger partial charge in [0.2, 0.25) is 5.91 Å². The standard InChI is InChI=1S/C17H17F3N2O/c18-17(19,20)16(22-15(23)12-21,14-9-5-2-6-10-14)11-13-7-3-1-4-8-13/h1-10H,11-12,21H2,(H,22,23). The molecule has 2 aromatic carbocycles. The predicted octanol–water partition coefficient (Wildman–Crippen LogP) is 2.76. The van der Waals surface area contributed by atoms with Crippen LogP contribution in [-0.4, -0.2) is 18.6 Å². The molecule has 0 aromatic heterocycles. The summed E-state index contributed by atoms with van der Waals surface area (Å²) in [6, 6.07) is 15.6. The molecule has 0 saturated carbocycles. The smallest absolute Gasteiger partial charge is 0.337 e. The van der Waals surface area contributed by atoms with E-state index in [1.807, 2.05) is 0 Å². The van der Waals surface area contributed by atoms with E-state index in [9.17, 15) is 18.0 Å². The Morgan fingerprint density at radius 3 is 1.96 bits per heavy atom. The van der Waals surface area contributed by atoms with Crippen LogP contribution in [0.4, 0.5) is 13.2 Å². The second-order valence-electron chi connectivity index (χ2n) is 5.18. The molecule has 0 aliphatic carbocycles. The SMILES string of the molecule is NCC(=O)NC(Cc1ccccc1)(c1ccccc1)C(F)(F)F. The van der Waals surface area contributed by atoms with E-state index in [-0.39, 0.29) is 5.56 Å². The second-order valence-corrected chi connectivity index (χ2v) is 5.18. The third kappa shape index (κ3) is 3.71. The number of nitrogens with one attached hydrogen (secondary N) is 1. The van der Waals surface area contributed by atoms with Crippen LogP contribution < -0.4 is 11.1 Å². The largest absolute Gasteiger partial charge is 0.416 e. The van der Waals surface area contributed by atoms with Gasteiger partial charge in [0, 0.05) is 6.42 Å². The van der Waals surface area contributed by atoms with Crippen LogP contribution in [0.25, 0.3) is 0 Å². The number of hydrogen-bond acceptors (Lipinski definition) is 2. The van der Waals surface area contributed by atoms with Crippen LogP contribution in [0, 0.1) is 0 Å². The second kappa shape index (κ2) is 6.83. The molecule has 1 atom stereocenters. The summed E-state index contributed by atoms with van der Waals surface area (Å²) < 4.78 is 42.0. The molecule has 0 radical (unpaired) electrons. The van der Waals surface area contributed by atoms with E-state index in [0.29, 0.717) is 5.56 Å². The topological polar surface area (TPSA) is 55.1 Å². The molecule has 3 N–H and O–H groups in total. The average Bonchev–Trinajstić information content (AvgIpc) is 2.54. The number of halogens is 3. The quantitative estimate of drug-likeness (QED) is 0.889. The van der Waals surface area contributed by atoms with Crippen molar-refractivity contribution in [2.75, 3.05) is 6.54 Å². The van der Waals surface area contributed by atoms with E-state index in [0.717, 1.165) is 0 Å². The zero-order valence-corrected chi connectivity index (χ0v) is 12.3. The number of nitrogens with two attached hydrogens (primary N) is 1. The summed E-state index contributed by atoms with van der Waals surface area (Å²) in [5.41, 5.74) is 3.13. The lowest BCUT2D eigenvalue weighted by Gasteiger charge is -2.37. The van der Waals surface area contributed by atoms with Crippen LogP contribution >= 0.6 is 0 Å². The van der Waals surface area contributed by atoms with E-state index in [1.54, 1.807) is 36.4 Å². The van der Waals surface area contributed by atoms with Gasteiger partial charge in [-0.3, -0.25) is 4.79 Å². The zero-order valence-electron chi connectivity index (χ0n) is 12.3. The van der Waals surface area contributed by atoms with Gasteiger partial charge in [0.05, 0.1) is 6.54 Å². The number of carbonyl (C=O) groups excluding carboxylic acids is 1. The van der Waals surface area contributed by atoms with Gasteiger partial charge in [-0.15, -0.1) is 0 Å². The van der Waals surface area contributed by atoms with Crippen molar-refractivity contribution in [2.45, 2.75) is 18.1 Å². The van der Waals surface area contributed by atoms with Gasteiger partial charge in [-0.05, 0) is 11.1 Å². The third-order valence-corrected chi connectivity index (χ3v) is 3.60. The van der Waals surface area contributed by atoms with Crippen LogP contribution in [-0.2, 0) is 16.8 Å². The van der Waals surface area contributed by atoms with Crippen molar-refractivity contribution in [3.8, 4) is 0 Å². The first-order chi connectivity index (χ1) is 10.9. The highest BCUT2D eigenvalue weighted by Crippen LogP contribution is 2.41. The molecule has 0 saturated heterocycles. The van der Waals surface area contributed by atoms with Crippen molar-refractivity contribution in [1.29, 1.82) is 0 Å². The Balaban J connectivity index is 2.57. The number of benzene rings is 2. The Labute approximate surface area is 132 Å². The fourth-order valence-corrected chi connectivity index (χ4v) is 2.47. The molecule has 0 aliphatic rings. The van der Waals surface area contributed by atoms with Gasteiger partial charge in [-0.25, -0.2) is 0 Å². The van der Waals surface area contributed by atoms with Crippen molar-refractivity contribution in [3.63, 3.8) is 0 Å². The lowest BCUT2D eigenvalue weighted by Crippen LogP contribution is -2.58. The van der Waals surface area contributed by atoms with Gasteiger partial charge >= 0.3 is 6.18 Å². The van der Waals surface area contributed by atoms with Crippen molar-refractivity contribution in [2.24, 2.45) is 5.73 Å². The molecule has 2 rings (SSSR count). The zero-order chi connectivity index (χ0) is 16.9. The molecule has 0 bridgehead atoms. The van der Waals surface area contributed by atoms with Crippen LogP contribution in [0.5, 0.6) is 0 Å². The first-order valence-corrected chi connectivity index (χ1v) is 7.06. The summed E-state index contributed by atoms with van der Waals surface area (Å²) in [4.78, 5) is 11.7. The summed E-state index contributed by atoms with van der Waals surface area (Å²) in [7, 11) is 0.